The predicted molar refractivity (Wildman–Crippen MR) is 59.5 cm³/mol. The van der Waals surface area contributed by atoms with Gasteiger partial charge in [0.2, 0.25) is 0 Å². The average molecular weight is 238 g/mol. The number of nitrogens with zero attached hydrogens (tertiary/aromatic N) is 4. The van der Waals surface area contributed by atoms with Crippen LogP contribution in [0.1, 0.15) is 0 Å². The van der Waals surface area contributed by atoms with Crippen LogP contribution in [0.3, 0.4) is 0 Å². The number of nitrogens with one attached hydrogen (secondary N) is 1. The van der Waals surface area contributed by atoms with Crippen LogP contribution in [0.15, 0.2) is 24.5 Å². The highest BCUT2D eigenvalue weighted by atomic mass is 32.1. The Morgan fingerprint density at radius 3 is 2.94 bits per heavy atom. The number of benzene rings is 1. The summed E-state index contributed by atoms with van der Waals surface area (Å²) in [5, 5.41) is 13.2. The summed E-state index contributed by atoms with van der Waals surface area (Å²) in [6.07, 6.45) is 1.40. The summed E-state index contributed by atoms with van der Waals surface area (Å²) >= 11 is 4.63. The minimum absolute atomic E-state index is 0.00670. The standard InChI is InChI=1S/C8H7FN6S/c9-6-2-1-5(15-4-11-13-14-15)3-7(6)12-8(10)16/h1-4H,(H3,10,12,16). The second-order valence-electron chi connectivity index (χ2n) is 2.91. The number of thiocarbonyl (C=S) groups is 1. The summed E-state index contributed by atoms with van der Waals surface area (Å²) in [6, 6.07) is 4.32. The van der Waals surface area contributed by atoms with Gasteiger partial charge in [0.15, 0.2) is 5.11 Å². The van der Waals surface area contributed by atoms with E-state index in [1.165, 1.54) is 29.2 Å². The van der Waals surface area contributed by atoms with Gasteiger partial charge >= 0.3 is 0 Å². The van der Waals surface area contributed by atoms with Crippen LogP contribution in [0, 0.1) is 5.82 Å². The fourth-order valence-electron chi connectivity index (χ4n) is 1.16. The van der Waals surface area contributed by atoms with Gasteiger partial charge in [-0.25, -0.2) is 9.07 Å². The van der Waals surface area contributed by atoms with Gasteiger partial charge in [0.25, 0.3) is 0 Å². The van der Waals surface area contributed by atoms with Crippen molar-refractivity contribution in [2.24, 2.45) is 5.73 Å². The lowest BCUT2D eigenvalue weighted by Gasteiger charge is -2.07. The number of halogens is 1. The summed E-state index contributed by atoms with van der Waals surface area (Å²) in [6.45, 7) is 0. The van der Waals surface area contributed by atoms with E-state index in [-0.39, 0.29) is 10.8 Å². The molecule has 1 aromatic heterocycles. The number of tetrazole rings is 1. The molecule has 0 saturated heterocycles. The Bertz CT molecular complexity index is 511. The zero-order valence-corrected chi connectivity index (χ0v) is 8.78. The van der Waals surface area contributed by atoms with Crippen molar-refractivity contribution >= 4 is 23.0 Å². The molecule has 6 nitrogen and oxygen atoms in total. The third-order valence-electron chi connectivity index (χ3n) is 1.82. The third kappa shape index (κ3) is 2.11. The summed E-state index contributed by atoms with van der Waals surface area (Å²) in [5.41, 5.74) is 6.05. The normalized spacial score (nSPS) is 10.1. The van der Waals surface area contributed by atoms with E-state index in [1.54, 1.807) is 0 Å². The summed E-state index contributed by atoms with van der Waals surface area (Å²) in [7, 11) is 0. The fraction of sp³-hybridized carbons (Fsp3) is 0. The van der Waals surface area contributed by atoms with Gasteiger partial charge in [-0.05, 0) is 40.8 Å². The number of hydrogen-bond acceptors (Lipinski definition) is 4. The van der Waals surface area contributed by atoms with Crippen LogP contribution in [-0.2, 0) is 0 Å². The van der Waals surface area contributed by atoms with E-state index >= 15 is 0 Å². The largest absolute Gasteiger partial charge is 0.376 e. The molecule has 0 aliphatic carbocycles. The first-order chi connectivity index (χ1) is 7.66. The molecule has 2 aromatic rings. The van der Waals surface area contributed by atoms with E-state index in [0.29, 0.717) is 5.69 Å². The molecule has 0 radical (unpaired) electrons. The minimum Gasteiger partial charge on any atom is -0.376 e. The molecule has 0 saturated carbocycles. The van der Waals surface area contributed by atoms with Gasteiger partial charge in [-0.15, -0.1) is 5.10 Å². The summed E-state index contributed by atoms with van der Waals surface area (Å²) in [5.74, 6) is -0.454. The topological polar surface area (TPSA) is 81.6 Å². The van der Waals surface area contributed by atoms with E-state index in [4.69, 9.17) is 5.73 Å². The monoisotopic (exact) mass is 238 g/mol. The Morgan fingerprint density at radius 1 is 1.50 bits per heavy atom. The maximum atomic E-state index is 13.3. The van der Waals surface area contributed by atoms with Gasteiger partial charge in [0, 0.05) is 0 Å². The number of rotatable bonds is 2. The van der Waals surface area contributed by atoms with Crippen LogP contribution in [-0.4, -0.2) is 25.3 Å². The highest BCUT2D eigenvalue weighted by molar-refractivity contribution is 7.80. The molecule has 82 valence electrons. The lowest BCUT2D eigenvalue weighted by molar-refractivity contribution is 0.631. The fourth-order valence-corrected chi connectivity index (χ4v) is 1.27. The molecule has 0 aliphatic rings. The van der Waals surface area contributed by atoms with Crippen LogP contribution in [0.2, 0.25) is 0 Å². The summed E-state index contributed by atoms with van der Waals surface area (Å²) in [4.78, 5) is 0. The van der Waals surface area contributed by atoms with Crippen molar-refractivity contribution in [1.82, 2.24) is 20.2 Å². The van der Waals surface area contributed by atoms with E-state index in [9.17, 15) is 4.39 Å². The van der Waals surface area contributed by atoms with Crippen LogP contribution < -0.4 is 11.1 Å². The van der Waals surface area contributed by atoms with Gasteiger partial charge < -0.3 is 11.1 Å². The molecule has 0 bridgehead atoms. The van der Waals surface area contributed by atoms with Crippen LogP contribution in [0.5, 0.6) is 0 Å². The Kier molecular flexibility index (Phi) is 2.73. The number of hydrogen-bond donors (Lipinski definition) is 2. The second-order valence-corrected chi connectivity index (χ2v) is 3.35. The Hall–Kier alpha value is -2.09. The minimum atomic E-state index is -0.454. The molecule has 0 spiro atoms. The van der Waals surface area contributed by atoms with E-state index in [0.717, 1.165) is 0 Å². The van der Waals surface area contributed by atoms with Gasteiger partial charge in [-0.1, -0.05) is 0 Å². The van der Waals surface area contributed by atoms with Crippen molar-refractivity contribution in [1.29, 1.82) is 0 Å². The first-order valence-electron chi connectivity index (χ1n) is 4.26. The van der Waals surface area contributed by atoms with Crippen molar-refractivity contribution < 1.29 is 4.39 Å². The lowest BCUT2D eigenvalue weighted by Crippen LogP contribution is -2.19. The molecule has 3 N–H and O–H groups in total. The molecule has 0 unspecified atom stereocenters. The predicted octanol–water partition coefficient (Wildman–Crippen LogP) is 0.457. The average Bonchev–Trinajstić information content (AvgIpc) is 2.73. The number of nitrogens with two attached hydrogens (primary N) is 1. The zero-order valence-electron chi connectivity index (χ0n) is 7.96. The second kappa shape index (κ2) is 4.19. The summed E-state index contributed by atoms with van der Waals surface area (Å²) < 4.78 is 14.7. The van der Waals surface area contributed by atoms with E-state index < -0.39 is 5.82 Å². The lowest BCUT2D eigenvalue weighted by atomic mass is 10.2. The SMILES string of the molecule is NC(=S)Nc1cc(-n2cnnn2)ccc1F. The molecule has 2 rings (SSSR count). The van der Waals surface area contributed by atoms with E-state index in [1.807, 2.05) is 0 Å². The van der Waals surface area contributed by atoms with Crippen molar-refractivity contribution in [2.45, 2.75) is 0 Å². The Morgan fingerprint density at radius 2 is 2.31 bits per heavy atom. The smallest absolute Gasteiger partial charge is 0.168 e. The van der Waals surface area contributed by atoms with Crippen molar-refractivity contribution in [2.75, 3.05) is 5.32 Å². The molecule has 0 fully saturated rings. The molecule has 1 heterocycles. The van der Waals surface area contributed by atoms with Crippen LogP contribution in [0.25, 0.3) is 5.69 Å². The van der Waals surface area contributed by atoms with Crippen molar-refractivity contribution in [3.8, 4) is 5.69 Å². The quantitative estimate of drug-likeness (QED) is 0.739. The molecule has 0 aliphatic heterocycles. The maximum absolute atomic E-state index is 13.3. The molecule has 8 heteroatoms. The molecular formula is C8H7FN6S. The highest BCUT2D eigenvalue weighted by Gasteiger charge is 2.06. The maximum Gasteiger partial charge on any atom is 0.168 e. The molecule has 0 amide bonds. The van der Waals surface area contributed by atoms with Gasteiger partial charge in [-0.3, -0.25) is 0 Å². The third-order valence-corrected chi connectivity index (χ3v) is 1.92. The number of aromatic nitrogens is 4. The van der Waals surface area contributed by atoms with Crippen LogP contribution in [0.4, 0.5) is 10.1 Å². The van der Waals surface area contributed by atoms with Gasteiger partial charge in [0.05, 0.1) is 11.4 Å². The first kappa shape index (κ1) is 10.4. The molecule has 0 atom stereocenters. The zero-order chi connectivity index (χ0) is 11.5. The highest BCUT2D eigenvalue weighted by Crippen LogP contribution is 2.17. The molecular weight excluding hydrogens is 231 g/mol. The van der Waals surface area contributed by atoms with Crippen LogP contribution >= 0.6 is 12.2 Å². The Balaban J connectivity index is 2.39. The first-order valence-corrected chi connectivity index (χ1v) is 4.67. The molecule has 1 aromatic carbocycles. The molecule has 16 heavy (non-hydrogen) atoms. The van der Waals surface area contributed by atoms with E-state index in [2.05, 4.69) is 33.1 Å². The van der Waals surface area contributed by atoms with Crippen molar-refractivity contribution in [3.05, 3.63) is 30.3 Å². The van der Waals surface area contributed by atoms with Gasteiger partial charge in [-0.2, -0.15) is 0 Å². The Labute approximate surface area is 95.3 Å². The van der Waals surface area contributed by atoms with Crippen molar-refractivity contribution in [3.63, 3.8) is 0 Å². The van der Waals surface area contributed by atoms with Gasteiger partial charge in [0.1, 0.15) is 12.1 Å². The number of anilines is 1.